The second-order valence-corrected chi connectivity index (χ2v) is 4.71. The van der Waals surface area contributed by atoms with E-state index in [0.717, 1.165) is 24.8 Å². The van der Waals surface area contributed by atoms with Crippen molar-refractivity contribution >= 4 is 5.91 Å². The molecular formula is C14H20N2O2. The Hall–Kier alpha value is -1.55. The van der Waals surface area contributed by atoms with Gasteiger partial charge in [-0.2, -0.15) is 0 Å². The molecule has 3 N–H and O–H groups in total. The molecular weight excluding hydrogens is 228 g/mol. The first-order valence-electron chi connectivity index (χ1n) is 6.46. The molecule has 4 heteroatoms. The average molecular weight is 248 g/mol. The number of hydrogen-bond acceptors (Lipinski definition) is 3. The van der Waals surface area contributed by atoms with E-state index in [1.165, 1.54) is 0 Å². The van der Waals surface area contributed by atoms with Crippen LogP contribution in [0.25, 0.3) is 0 Å². The van der Waals surface area contributed by atoms with E-state index in [2.05, 4.69) is 12.2 Å². The van der Waals surface area contributed by atoms with Gasteiger partial charge in [0.2, 0.25) is 0 Å². The number of nitrogens with one attached hydrogen (secondary N) is 1. The number of carbonyl (C=O) groups is 1. The fourth-order valence-corrected chi connectivity index (χ4v) is 1.69. The molecule has 0 unspecified atom stereocenters. The predicted molar refractivity (Wildman–Crippen MR) is 70.3 cm³/mol. The predicted octanol–water partition coefficient (Wildman–Crippen LogP) is 1.75. The van der Waals surface area contributed by atoms with Crippen LogP contribution in [-0.2, 0) is 4.79 Å². The maximum atomic E-state index is 11.4. The lowest BCUT2D eigenvalue weighted by Gasteiger charge is -2.10. The summed E-state index contributed by atoms with van der Waals surface area (Å²) in [5, 5.41) is 2.88. The van der Waals surface area contributed by atoms with Crippen LogP contribution in [0.15, 0.2) is 24.3 Å². The highest BCUT2D eigenvalue weighted by Crippen LogP contribution is 2.19. The highest BCUT2D eigenvalue weighted by Gasteiger charge is 2.23. The second kappa shape index (κ2) is 5.87. The quantitative estimate of drug-likeness (QED) is 0.806. The summed E-state index contributed by atoms with van der Waals surface area (Å²) in [5.74, 6) is 0.653. The number of hydrogen-bond donors (Lipinski definition) is 2. The van der Waals surface area contributed by atoms with E-state index < -0.39 is 0 Å². The third-order valence-electron chi connectivity index (χ3n) is 3.06. The number of amides is 1. The van der Waals surface area contributed by atoms with Gasteiger partial charge in [-0.05, 0) is 37.0 Å². The molecule has 4 nitrogen and oxygen atoms in total. The van der Waals surface area contributed by atoms with Gasteiger partial charge in [0.25, 0.3) is 5.91 Å². The first-order valence-corrected chi connectivity index (χ1v) is 6.46. The molecule has 18 heavy (non-hydrogen) atoms. The molecule has 98 valence electrons. The molecule has 0 saturated heterocycles. The van der Waals surface area contributed by atoms with Gasteiger partial charge in [-0.1, -0.05) is 19.1 Å². The van der Waals surface area contributed by atoms with Crippen LogP contribution in [-0.4, -0.2) is 18.6 Å². The minimum Gasteiger partial charge on any atom is -0.484 e. The molecule has 0 radical (unpaired) electrons. The van der Waals surface area contributed by atoms with Crippen molar-refractivity contribution in [3.63, 3.8) is 0 Å². The van der Waals surface area contributed by atoms with Crippen molar-refractivity contribution in [3.8, 4) is 5.75 Å². The van der Waals surface area contributed by atoms with E-state index in [9.17, 15) is 4.79 Å². The van der Waals surface area contributed by atoms with Crippen LogP contribution < -0.4 is 15.8 Å². The molecule has 1 saturated carbocycles. The molecule has 1 aromatic rings. The second-order valence-electron chi connectivity index (χ2n) is 4.71. The molecule has 1 aliphatic rings. The van der Waals surface area contributed by atoms with Gasteiger partial charge in [-0.3, -0.25) is 4.79 Å². The highest BCUT2D eigenvalue weighted by atomic mass is 16.5. The Kier molecular flexibility index (Phi) is 4.20. The zero-order valence-corrected chi connectivity index (χ0v) is 10.7. The third-order valence-corrected chi connectivity index (χ3v) is 3.06. The number of carbonyl (C=O) groups excluding carboxylic acids is 1. The highest BCUT2D eigenvalue weighted by molar-refractivity contribution is 5.78. The lowest BCUT2D eigenvalue weighted by molar-refractivity contribution is -0.123. The molecule has 0 aliphatic heterocycles. The molecule has 0 spiro atoms. The van der Waals surface area contributed by atoms with Crippen LogP contribution in [0.5, 0.6) is 5.75 Å². The van der Waals surface area contributed by atoms with Crippen molar-refractivity contribution in [1.29, 1.82) is 0 Å². The summed E-state index contributed by atoms with van der Waals surface area (Å²) in [4.78, 5) is 11.4. The van der Waals surface area contributed by atoms with Gasteiger partial charge in [-0.15, -0.1) is 0 Å². The minimum atomic E-state index is -0.0492. The zero-order valence-electron chi connectivity index (χ0n) is 10.7. The normalized spacial score (nSPS) is 16.1. The van der Waals surface area contributed by atoms with Gasteiger partial charge in [0.05, 0.1) is 0 Å². The van der Waals surface area contributed by atoms with Crippen molar-refractivity contribution in [2.75, 3.05) is 6.61 Å². The summed E-state index contributed by atoms with van der Waals surface area (Å²) >= 11 is 0. The van der Waals surface area contributed by atoms with E-state index in [4.69, 9.17) is 10.5 Å². The van der Waals surface area contributed by atoms with Crippen LogP contribution >= 0.6 is 0 Å². The monoisotopic (exact) mass is 248 g/mol. The van der Waals surface area contributed by atoms with E-state index in [1.54, 1.807) is 0 Å². The van der Waals surface area contributed by atoms with Crippen molar-refractivity contribution in [2.45, 2.75) is 38.3 Å². The van der Waals surface area contributed by atoms with Gasteiger partial charge in [-0.25, -0.2) is 0 Å². The van der Waals surface area contributed by atoms with Crippen LogP contribution in [0.4, 0.5) is 0 Å². The summed E-state index contributed by atoms with van der Waals surface area (Å²) in [6.45, 7) is 2.13. The Balaban J connectivity index is 1.80. The van der Waals surface area contributed by atoms with Gasteiger partial charge >= 0.3 is 0 Å². The van der Waals surface area contributed by atoms with Crippen LogP contribution in [0, 0.1) is 0 Å². The molecule has 0 bridgehead atoms. The number of rotatable bonds is 6. The fourth-order valence-electron chi connectivity index (χ4n) is 1.69. The first kappa shape index (κ1) is 12.9. The van der Waals surface area contributed by atoms with Gasteiger partial charge < -0.3 is 15.8 Å². The fraction of sp³-hybridized carbons (Fsp3) is 0.500. The van der Waals surface area contributed by atoms with Crippen LogP contribution in [0.3, 0.4) is 0 Å². The summed E-state index contributed by atoms with van der Waals surface area (Å²) in [6.07, 6.45) is 3.09. The summed E-state index contributed by atoms with van der Waals surface area (Å²) < 4.78 is 5.41. The van der Waals surface area contributed by atoms with E-state index in [0.29, 0.717) is 11.8 Å². The molecule has 2 rings (SSSR count). The van der Waals surface area contributed by atoms with Gasteiger partial charge in [0.1, 0.15) is 5.75 Å². The molecule has 1 aromatic carbocycles. The van der Waals surface area contributed by atoms with E-state index in [1.807, 2.05) is 24.3 Å². The summed E-state index contributed by atoms with van der Waals surface area (Å²) in [7, 11) is 0. The molecule has 1 amide bonds. The van der Waals surface area contributed by atoms with Crippen molar-refractivity contribution in [1.82, 2.24) is 5.32 Å². The van der Waals surface area contributed by atoms with E-state index in [-0.39, 0.29) is 18.6 Å². The lowest BCUT2D eigenvalue weighted by atomic mass is 10.1. The first-order chi connectivity index (χ1) is 8.69. The smallest absolute Gasteiger partial charge is 0.258 e. The molecule has 1 atom stereocenters. The van der Waals surface area contributed by atoms with Crippen molar-refractivity contribution in [3.05, 3.63) is 29.8 Å². The molecule has 1 fully saturated rings. The number of ether oxygens (including phenoxy) is 1. The third kappa shape index (κ3) is 3.74. The maximum Gasteiger partial charge on any atom is 0.258 e. The minimum absolute atomic E-state index is 0.0492. The number of benzene rings is 1. The Bertz CT molecular complexity index is 399. The number of nitrogens with two attached hydrogens (primary N) is 1. The standard InChI is InChI=1S/C14H20N2O2/c1-2-13(15)10-3-7-12(8-4-10)18-9-14(17)16-11-5-6-11/h3-4,7-8,11,13H,2,5-6,9,15H2,1H3,(H,16,17)/t13-/m0/s1. The molecule has 0 heterocycles. The van der Waals surface area contributed by atoms with Crippen molar-refractivity contribution in [2.24, 2.45) is 5.73 Å². The van der Waals surface area contributed by atoms with Gasteiger partial charge in [0.15, 0.2) is 6.61 Å². The Labute approximate surface area is 108 Å². The van der Waals surface area contributed by atoms with Crippen LogP contribution in [0.2, 0.25) is 0 Å². The molecule has 1 aliphatic carbocycles. The topological polar surface area (TPSA) is 64.3 Å². The van der Waals surface area contributed by atoms with Crippen molar-refractivity contribution < 1.29 is 9.53 Å². The maximum absolute atomic E-state index is 11.4. The lowest BCUT2D eigenvalue weighted by Crippen LogP contribution is -2.30. The Morgan fingerprint density at radius 3 is 2.67 bits per heavy atom. The average Bonchev–Trinajstić information content (AvgIpc) is 3.20. The Morgan fingerprint density at radius 2 is 2.11 bits per heavy atom. The summed E-state index contributed by atoms with van der Waals surface area (Å²) in [5.41, 5.74) is 7.01. The SMILES string of the molecule is CC[C@H](N)c1ccc(OCC(=O)NC2CC2)cc1. The Morgan fingerprint density at radius 1 is 1.44 bits per heavy atom. The van der Waals surface area contributed by atoms with E-state index >= 15 is 0 Å². The zero-order chi connectivity index (χ0) is 13.0. The largest absolute Gasteiger partial charge is 0.484 e. The van der Waals surface area contributed by atoms with Gasteiger partial charge in [0, 0.05) is 12.1 Å². The summed E-state index contributed by atoms with van der Waals surface area (Å²) in [6, 6.07) is 8.05. The molecule has 0 aromatic heterocycles. The van der Waals surface area contributed by atoms with Crippen LogP contribution in [0.1, 0.15) is 37.8 Å².